The molecule has 0 saturated carbocycles. The maximum Gasteiger partial charge on any atom is 0.489 e. The number of hydrogen-bond donors (Lipinski definition) is 1. The molecule has 1 saturated heterocycles. The van der Waals surface area contributed by atoms with E-state index in [4.69, 9.17) is 4.74 Å². The number of nitrogens with zero attached hydrogens (tertiary/aromatic N) is 1. The van der Waals surface area contributed by atoms with Crippen LogP contribution in [0.4, 0.5) is 18.0 Å². The van der Waals surface area contributed by atoms with Crippen molar-refractivity contribution in [2.45, 2.75) is 25.7 Å². The molecule has 2 rings (SSSR count). The summed E-state index contributed by atoms with van der Waals surface area (Å²) < 4.78 is 44.0. The van der Waals surface area contributed by atoms with Crippen LogP contribution in [0.1, 0.15) is 18.4 Å². The molecule has 1 unspecified atom stereocenters. The number of halogens is 3. The van der Waals surface area contributed by atoms with Crippen LogP contribution in [0, 0.1) is 5.92 Å². The van der Waals surface area contributed by atoms with Crippen LogP contribution >= 0.6 is 0 Å². The third-order valence-electron chi connectivity index (χ3n) is 3.57. The van der Waals surface area contributed by atoms with Gasteiger partial charge in [-0.15, -0.1) is 13.2 Å². The van der Waals surface area contributed by atoms with Gasteiger partial charge in [0.25, 0.3) is 0 Å². The molecule has 4 nitrogen and oxygen atoms in total. The molecule has 1 aliphatic heterocycles. The number of benzene rings is 1. The van der Waals surface area contributed by atoms with Crippen molar-refractivity contribution >= 4 is 6.09 Å². The average Bonchev–Trinajstić information content (AvgIpc) is 2.51. The Morgan fingerprint density at radius 1 is 1.32 bits per heavy atom. The standard InChI is InChI=1S/C15H19F3N2O2/c16-15(17,18)20(10-13-7-4-8-19-9-13)14(21)22-11-12-5-2-1-3-6-12/h1-3,5-6,13,19H,4,7-11H2. The van der Waals surface area contributed by atoms with E-state index in [1.807, 2.05) is 0 Å². The van der Waals surface area contributed by atoms with Crippen LogP contribution in [-0.2, 0) is 11.3 Å². The molecule has 1 amide bonds. The molecule has 1 heterocycles. The number of carbonyl (C=O) groups excluding carboxylic acids is 1. The summed E-state index contributed by atoms with van der Waals surface area (Å²) in [6.45, 7) is 0.749. The monoisotopic (exact) mass is 316 g/mol. The number of piperidine rings is 1. The van der Waals surface area contributed by atoms with Gasteiger partial charge >= 0.3 is 12.4 Å². The van der Waals surface area contributed by atoms with Crippen molar-refractivity contribution in [3.63, 3.8) is 0 Å². The van der Waals surface area contributed by atoms with Crippen LogP contribution in [0.3, 0.4) is 0 Å². The topological polar surface area (TPSA) is 41.6 Å². The van der Waals surface area contributed by atoms with E-state index in [9.17, 15) is 18.0 Å². The van der Waals surface area contributed by atoms with Gasteiger partial charge < -0.3 is 10.1 Å². The Labute approximate surface area is 127 Å². The fraction of sp³-hybridized carbons (Fsp3) is 0.533. The predicted molar refractivity (Wildman–Crippen MR) is 75.0 cm³/mol. The molecule has 0 aromatic heterocycles. The summed E-state index contributed by atoms with van der Waals surface area (Å²) in [5, 5.41) is 3.04. The molecule has 1 N–H and O–H groups in total. The number of rotatable bonds is 4. The van der Waals surface area contributed by atoms with E-state index in [0.29, 0.717) is 18.5 Å². The number of hydrogen-bond acceptors (Lipinski definition) is 3. The second-order valence-electron chi connectivity index (χ2n) is 5.33. The normalized spacial score (nSPS) is 18.8. The molecular weight excluding hydrogens is 297 g/mol. The number of carbonyl (C=O) groups is 1. The fourth-order valence-electron chi connectivity index (χ4n) is 2.42. The maximum atomic E-state index is 13.1. The summed E-state index contributed by atoms with van der Waals surface area (Å²) in [5.41, 5.74) is 0.650. The van der Waals surface area contributed by atoms with Crippen LogP contribution in [0.5, 0.6) is 0 Å². The minimum atomic E-state index is -4.73. The average molecular weight is 316 g/mol. The molecule has 1 aliphatic rings. The van der Waals surface area contributed by atoms with E-state index in [2.05, 4.69) is 5.32 Å². The first kappa shape index (κ1) is 16.6. The van der Waals surface area contributed by atoms with E-state index in [0.717, 1.165) is 13.0 Å². The van der Waals surface area contributed by atoms with Crippen LogP contribution < -0.4 is 5.32 Å². The fourth-order valence-corrected chi connectivity index (χ4v) is 2.42. The lowest BCUT2D eigenvalue weighted by Gasteiger charge is -2.30. The Kier molecular flexibility index (Phi) is 5.65. The van der Waals surface area contributed by atoms with Crippen molar-refractivity contribution in [1.29, 1.82) is 0 Å². The minimum absolute atomic E-state index is 0.131. The largest absolute Gasteiger partial charge is 0.489 e. The third kappa shape index (κ3) is 4.91. The molecule has 1 fully saturated rings. The highest BCUT2D eigenvalue weighted by Gasteiger charge is 2.43. The van der Waals surface area contributed by atoms with Crippen LogP contribution in [0.2, 0.25) is 0 Å². The Balaban J connectivity index is 1.94. The molecule has 7 heteroatoms. The second-order valence-corrected chi connectivity index (χ2v) is 5.33. The van der Waals surface area contributed by atoms with Gasteiger partial charge in [0.15, 0.2) is 0 Å². The first-order valence-corrected chi connectivity index (χ1v) is 7.22. The molecule has 0 bridgehead atoms. The number of amides is 1. The van der Waals surface area contributed by atoms with Gasteiger partial charge in [0.05, 0.1) is 0 Å². The van der Waals surface area contributed by atoms with Crippen molar-refractivity contribution in [3.05, 3.63) is 35.9 Å². The molecule has 0 radical (unpaired) electrons. The number of ether oxygens (including phenoxy) is 1. The Morgan fingerprint density at radius 3 is 2.64 bits per heavy atom. The quantitative estimate of drug-likeness (QED) is 0.868. The lowest BCUT2D eigenvalue weighted by molar-refractivity contribution is -0.233. The van der Waals surface area contributed by atoms with Crippen molar-refractivity contribution in [2.75, 3.05) is 19.6 Å². The van der Waals surface area contributed by atoms with E-state index in [1.54, 1.807) is 30.3 Å². The molecule has 122 valence electrons. The maximum absolute atomic E-state index is 13.1. The van der Waals surface area contributed by atoms with Crippen molar-refractivity contribution in [1.82, 2.24) is 10.2 Å². The Hall–Kier alpha value is -1.76. The number of alkyl halides is 3. The highest BCUT2D eigenvalue weighted by Crippen LogP contribution is 2.25. The zero-order valence-corrected chi connectivity index (χ0v) is 12.1. The van der Waals surface area contributed by atoms with Crippen molar-refractivity contribution in [2.24, 2.45) is 5.92 Å². The zero-order chi connectivity index (χ0) is 16.0. The molecule has 22 heavy (non-hydrogen) atoms. The summed E-state index contributed by atoms with van der Waals surface area (Å²) in [6, 6.07) is 8.63. The van der Waals surface area contributed by atoms with E-state index in [1.165, 1.54) is 0 Å². The van der Waals surface area contributed by atoms with Gasteiger partial charge in [0.1, 0.15) is 6.61 Å². The van der Waals surface area contributed by atoms with E-state index < -0.39 is 12.4 Å². The Morgan fingerprint density at radius 2 is 2.05 bits per heavy atom. The Bertz CT molecular complexity index is 473. The minimum Gasteiger partial charge on any atom is -0.444 e. The molecule has 1 atom stereocenters. The zero-order valence-electron chi connectivity index (χ0n) is 12.1. The van der Waals surface area contributed by atoms with Gasteiger partial charge in [-0.3, -0.25) is 0 Å². The summed E-state index contributed by atoms with van der Waals surface area (Å²) >= 11 is 0. The summed E-state index contributed by atoms with van der Waals surface area (Å²) in [7, 11) is 0. The molecule has 0 aliphatic carbocycles. The highest BCUT2D eigenvalue weighted by atomic mass is 19.4. The molecule has 1 aromatic carbocycles. The number of nitrogens with one attached hydrogen (secondary N) is 1. The lowest BCUT2D eigenvalue weighted by atomic mass is 9.99. The van der Waals surface area contributed by atoms with Gasteiger partial charge in [0.2, 0.25) is 0 Å². The molecular formula is C15H19F3N2O2. The first-order valence-electron chi connectivity index (χ1n) is 7.22. The van der Waals surface area contributed by atoms with Gasteiger partial charge in [-0.2, -0.15) is 0 Å². The van der Waals surface area contributed by atoms with Gasteiger partial charge in [-0.1, -0.05) is 30.3 Å². The smallest absolute Gasteiger partial charge is 0.444 e. The van der Waals surface area contributed by atoms with Gasteiger partial charge in [-0.25, -0.2) is 9.69 Å². The van der Waals surface area contributed by atoms with Crippen molar-refractivity contribution < 1.29 is 22.7 Å². The van der Waals surface area contributed by atoms with E-state index >= 15 is 0 Å². The lowest BCUT2D eigenvalue weighted by Crippen LogP contribution is -2.48. The second kappa shape index (κ2) is 7.49. The summed E-state index contributed by atoms with van der Waals surface area (Å²) in [6.07, 6.45) is -4.59. The van der Waals surface area contributed by atoms with E-state index in [-0.39, 0.29) is 24.0 Å². The van der Waals surface area contributed by atoms with Crippen LogP contribution in [-0.4, -0.2) is 36.9 Å². The van der Waals surface area contributed by atoms with Crippen LogP contribution in [0.25, 0.3) is 0 Å². The summed E-state index contributed by atoms with van der Waals surface area (Å²) in [4.78, 5) is 11.7. The van der Waals surface area contributed by atoms with Gasteiger partial charge in [-0.05, 0) is 37.4 Å². The predicted octanol–water partition coefficient (Wildman–Crippen LogP) is 3.14. The van der Waals surface area contributed by atoms with Crippen molar-refractivity contribution in [3.8, 4) is 0 Å². The van der Waals surface area contributed by atoms with Gasteiger partial charge in [0, 0.05) is 6.54 Å². The molecule has 0 spiro atoms. The molecule has 1 aromatic rings. The third-order valence-corrected chi connectivity index (χ3v) is 3.57. The first-order chi connectivity index (χ1) is 10.5. The SMILES string of the molecule is O=C(OCc1ccccc1)N(CC1CCCNC1)C(F)(F)F. The van der Waals surface area contributed by atoms with Crippen LogP contribution in [0.15, 0.2) is 30.3 Å². The summed E-state index contributed by atoms with van der Waals surface area (Å²) in [5.74, 6) is -0.209. The highest BCUT2D eigenvalue weighted by molar-refractivity contribution is 5.68.